The number of hydrogen-bond donors (Lipinski definition) is 2. The summed E-state index contributed by atoms with van der Waals surface area (Å²) in [6.45, 7) is 3.28. The first-order valence-corrected chi connectivity index (χ1v) is 6.77. The molecule has 0 fully saturated rings. The topological polar surface area (TPSA) is 81.3 Å². The largest absolute Gasteiger partial charge is 0.513 e. The Hall–Kier alpha value is -3.32. The van der Waals surface area contributed by atoms with Crippen LogP contribution in [0.4, 0.5) is 0 Å². The van der Waals surface area contributed by atoms with Gasteiger partial charge in [-0.25, -0.2) is 4.79 Å². The van der Waals surface area contributed by atoms with E-state index < -0.39 is 5.97 Å². The van der Waals surface area contributed by atoms with Crippen molar-refractivity contribution < 1.29 is 15.0 Å². The highest BCUT2D eigenvalue weighted by Gasteiger charge is 2.13. The van der Waals surface area contributed by atoms with Crippen LogP contribution in [0, 0.1) is 17.4 Å². The van der Waals surface area contributed by atoms with Crippen LogP contribution >= 0.6 is 0 Å². The minimum Gasteiger partial charge on any atom is -0.513 e. The molecular weight excluding hydrogens is 290 g/mol. The number of aliphatic hydroxyl groups is 1. The van der Waals surface area contributed by atoms with Crippen molar-refractivity contribution >= 4 is 11.5 Å². The molecule has 0 bridgehead atoms. The van der Waals surface area contributed by atoms with E-state index in [1.54, 1.807) is 24.3 Å². The first kappa shape index (κ1) is 17.7. The van der Waals surface area contributed by atoms with E-state index in [0.717, 1.165) is 0 Å². The monoisotopic (exact) mass is 306 g/mol. The number of nitrogens with zero attached hydrogens (tertiary/aromatic N) is 1. The number of benzene rings is 2. The van der Waals surface area contributed by atoms with Crippen LogP contribution in [-0.2, 0) is 4.79 Å². The van der Waals surface area contributed by atoms with Gasteiger partial charge in [0, 0.05) is 12.0 Å². The summed E-state index contributed by atoms with van der Waals surface area (Å²) in [5.41, 5.74) is 0.603. The summed E-state index contributed by atoms with van der Waals surface area (Å²) in [6, 6.07) is 20.8. The molecule has 0 aliphatic rings. The van der Waals surface area contributed by atoms with Gasteiger partial charge in [-0.15, -0.1) is 0 Å². The van der Waals surface area contributed by atoms with Crippen molar-refractivity contribution in [3.8, 4) is 6.07 Å². The van der Waals surface area contributed by atoms with Gasteiger partial charge in [0.15, 0.2) is 0 Å². The second kappa shape index (κ2) is 9.59. The molecule has 0 amide bonds. The third-order valence-corrected chi connectivity index (χ3v) is 2.72. The molecule has 1 radical (unpaired) electrons. The number of nitriles is 1. The molecule has 0 atom stereocenters. The molecular formula is C19H16NO3. The van der Waals surface area contributed by atoms with Crippen molar-refractivity contribution in [3.63, 3.8) is 0 Å². The lowest BCUT2D eigenvalue weighted by molar-refractivity contribution is -0.130. The minimum absolute atomic E-state index is 0.0163. The van der Waals surface area contributed by atoms with E-state index in [0.29, 0.717) is 5.56 Å². The van der Waals surface area contributed by atoms with Gasteiger partial charge in [0.2, 0.25) is 0 Å². The first-order valence-electron chi connectivity index (χ1n) is 6.77. The van der Waals surface area contributed by atoms with Crippen molar-refractivity contribution in [2.24, 2.45) is 0 Å². The molecule has 115 valence electrons. The zero-order chi connectivity index (χ0) is 17.1. The fraction of sp³-hybridized carbons (Fsp3) is 0.0526. The number of carboxylic acids is 1. The lowest BCUT2D eigenvalue weighted by Crippen LogP contribution is -2.02. The maximum atomic E-state index is 11.1. The van der Waals surface area contributed by atoms with Gasteiger partial charge in [0.25, 0.3) is 0 Å². The van der Waals surface area contributed by atoms with Crippen LogP contribution < -0.4 is 0 Å². The average Bonchev–Trinajstić information content (AvgIpc) is 2.57. The second-order valence-corrected chi connectivity index (χ2v) is 4.43. The van der Waals surface area contributed by atoms with Crippen LogP contribution in [0.15, 0.2) is 73.0 Å². The van der Waals surface area contributed by atoms with Gasteiger partial charge in [-0.05, 0) is 12.1 Å². The Morgan fingerprint density at radius 1 is 1.17 bits per heavy atom. The minimum atomic E-state index is -1.14. The van der Waals surface area contributed by atoms with Gasteiger partial charge in [-0.2, -0.15) is 5.26 Å². The SMILES string of the molecule is C=C(O)CC=C(C(=O)O)c1ccccc1C#N.[c]1ccccc1. The lowest BCUT2D eigenvalue weighted by atomic mass is 9.99. The van der Waals surface area contributed by atoms with E-state index in [-0.39, 0.29) is 23.3 Å². The van der Waals surface area contributed by atoms with Gasteiger partial charge in [0.05, 0.1) is 23.0 Å². The zero-order valence-corrected chi connectivity index (χ0v) is 12.4. The maximum absolute atomic E-state index is 11.1. The number of allylic oxidation sites excluding steroid dienone is 1. The average molecular weight is 306 g/mol. The molecule has 2 aromatic rings. The van der Waals surface area contributed by atoms with Crippen molar-refractivity contribution in [1.29, 1.82) is 5.26 Å². The summed E-state index contributed by atoms with van der Waals surface area (Å²) in [5.74, 6) is -1.27. The van der Waals surface area contributed by atoms with Crippen molar-refractivity contribution in [2.75, 3.05) is 0 Å². The van der Waals surface area contributed by atoms with Crippen LogP contribution in [0.5, 0.6) is 0 Å². The van der Waals surface area contributed by atoms with Crippen LogP contribution in [0.25, 0.3) is 5.57 Å². The summed E-state index contributed by atoms with van der Waals surface area (Å²) in [6.07, 6.45) is 1.38. The Labute approximate surface area is 135 Å². The molecule has 2 aromatic carbocycles. The number of aliphatic hydroxyl groups excluding tert-OH is 1. The normalized spacial score (nSPS) is 9.96. The molecule has 0 spiro atoms. The Morgan fingerprint density at radius 3 is 2.26 bits per heavy atom. The van der Waals surface area contributed by atoms with E-state index in [4.69, 9.17) is 15.5 Å². The molecule has 2 N–H and O–H groups in total. The summed E-state index contributed by atoms with van der Waals surface area (Å²) >= 11 is 0. The summed E-state index contributed by atoms with van der Waals surface area (Å²) in [5, 5.41) is 26.9. The Morgan fingerprint density at radius 2 is 1.83 bits per heavy atom. The quantitative estimate of drug-likeness (QED) is 0.661. The molecule has 0 aliphatic carbocycles. The Bertz CT molecular complexity index is 701. The predicted octanol–water partition coefficient (Wildman–Crippen LogP) is 3.97. The fourth-order valence-electron chi connectivity index (χ4n) is 1.69. The van der Waals surface area contributed by atoms with Gasteiger partial charge in [-0.3, -0.25) is 0 Å². The highest BCUT2D eigenvalue weighted by atomic mass is 16.4. The Balaban J connectivity index is 0.000000366. The summed E-state index contributed by atoms with van der Waals surface area (Å²) in [7, 11) is 0. The van der Waals surface area contributed by atoms with Crippen LogP contribution in [-0.4, -0.2) is 16.2 Å². The van der Waals surface area contributed by atoms with E-state index in [1.165, 1.54) is 6.08 Å². The van der Waals surface area contributed by atoms with E-state index in [9.17, 15) is 4.79 Å². The molecule has 0 heterocycles. The van der Waals surface area contributed by atoms with E-state index in [2.05, 4.69) is 12.6 Å². The molecule has 0 aliphatic heterocycles. The standard InChI is InChI=1S/C13H11NO3.C6H5/c1-9(15)6-7-12(13(16)17)11-5-3-2-4-10(11)8-14;1-2-4-6-5-3-1/h2-5,7,15H,1,6H2,(H,16,17);1-5H. The summed E-state index contributed by atoms with van der Waals surface area (Å²) in [4.78, 5) is 11.1. The molecule has 0 aromatic heterocycles. The molecule has 4 nitrogen and oxygen atoms in total. The van der Waals surface area contributed by atoms with Crippen LogP contribution in [0.3, 0.4) is 0 Å². The smallest absolute Gasteiger partial charge is 0.336 e. The van der Waals surface area contributed by atoms with Crippen molar-refractivity contribution in [2.45, 2.75) is 6.42 Å². The third kappa shape index (κ3) is 6.32. The van der Waals surface area contributed by atoms with Crippen molar-refractivity contribution in [1.82, 2.24) is 0 Å². The molecule has 23 heavy (non-hydrogen) atoms. The molecule has 0 saturated heterocycles. The number of rotatable bonds is 4. The number of hydrogen-bond acceptors (Lipinski definition) is 3. The molecule has 0 saturated carbocycles. The lowest BCUT2D eigenvalue weighted by Gasteiger charge is -2.04. The predicted molar refractivity (Wildman–Crippen MR) is 88.4 cm³/mol. The number of aliphatic carboxylic acids is 1. The highest BCUT2D eigenvalue weighted by molar-refractivity contribution is 6.16. The van der Waals surface area contributed by atoms with E-state index >= 15 is 0 Å². The van der Waals surface area contributed by atoms with Gasteiger partial charge < -0.3 is 10.2 Å². The van der Waals surface area contributed by atoms with Gasteiger partial charge in [0.1, 0.15) is 0 Å². The number of carboxylic acid groups (broad SMARTS) is 1. The Kier molecular flexibility index (Phi) is 7.39. The molecule has 0 unspecified atom stereocenters. The van der Waals surface area contributed by atoms with Gasteiger partial charge in [-0.1, -0.05) is 61.2 Å². The fourth-order valence-corrected chi connectivity index (χ4v) is 1.69. The highest BCUT2D eigenvalue weighted by Crippen LogP contribution is 2.20. The summed E-state index contributed by atoms with van der Waals surface area (Å²) < 4.78 is 0. The van der Waals surface area contributed by atoms with E-state index in [1.807, 2.05) is 36.4 Å². The van der Waals surface area contributed by atoms with Gasteiger partial charge >= 0.3 is 5.97 Å². The maximum Gasteiger partial charge on any atom is 0.336 e. The van der Waals surface area contributed by atoms with Crippen LogP contribution in [0.1, 0.15) is 17.5 Å². The van der Waals surface area contributed by atoms with Crippen molar-refractivity contribution in [3.05, 3.63) is 90.2 Å². The third-order valence-electron chi connectivity index (χ3n) is 2.72. The zero-order valence-electron chi connectivity index (χ0n) is 12.4. The molecule has 4 heteroatoms. The number of carbonyl (C=O) groups is 1. The second-order valence-electron chi connectivity index (χ2n) is 4.43. The van der Waals surface area contributed by atoms with Crippen LogP contribution in [0.2, 0.25) is 0 Å². The molecule has 2 rings (SSSR count). The first-order chi connectivity index (χ1) is 11.1.